The first-order valence-electron chi connectivity index (χ1n) is 5.92. The molecule has 1 aromatic carbocycles. The van der Waals surface area contributed by atoms with Crippen molar-refractivity contribution in [3.8, 4) is 0 Å². The zero-order chi connectivity index (χ0) is 15.1. The molecule has 1 amide bonds. The van der Waals surface area contributed by atoms with Gasteiger partial charge in [-0.05, 0) is 18.2 Å². The molecule has 4 nitrogen and oxygen atoms in total. The molecule has 3 rings (SSSR count). The van der Waals surface area contributed by atoms with Crippen LogP contribution in [0.15, 0.2) is 30.3 Å². The molecular weight excluding hydrogens is 333 g/mol. The summed E-state index contributed by atoms with van der Waals surface area (Å²) in [7, 11) is 0. The number of ketones is 2. The van der Waals surface area contributed by atoms with Gasteiger partial charge in [0.15, 0.2) is 5.78 Å². The van der Waals surface area contributed by atoms with E-state index in [2.05, 4.69) is 0 Å². The van der Waals surface area contributed by atoms with Gasteiger partial charge in [-0.2, -0.15) is 0 Å². The largest absolute Gasteiger partial charge is 0.299 e. The third kappa shape index (κ3) is 2.37. The smallest absolute Gasteiger partial charge is 0.297 e. The van der Waals surface area contributed by atoms with Gasteiger partial charge in [0.1, 0.15) is 4.34 Å². The van der Waals surface area contributed by atoms with E-state index in [1.165, 1.54) is 11.0 Å². The normalized spacial score (nSPS) is 13.7. The molecule has 0 saturated heterocycles. The predicted molar refractivity (Wildman–Crippen MR) is 81.8 cm³/mol. The quantitative estimate of drug-likeness (QED) is 0.635. The SMILES string of the molecule is O=C1C(=O)N(CC(=O)c2cc(Cl)sc2Cl)c2ccccc21. The number of carbonyl (C=O) groups is 3. The number of nitrogens with zero attached hydrogens (tertiary/aromatic N) is 1. The summed E-state index contributed by atoms with van der Waals surface area (Å²) in [5, 5.41) is 0. The molecule has 0 bridgehead atoms. The predicted octanol–water partition coefficient (Wildman–Crippen LogP) is 3.47. The van der Waals surface area contributed by atoms with Crippen molar-refractivity contribution in [1.29, 1.82) is 0 Å². The van der Waals surface area contributed by atoms with Crippen LogP contribution in [0.1, 0.15) is 20.7 Å². The lowest BCUT2D eigenvalue weighted by Crippen LogP contribution is -2.34. The second-order valence-corrected chi connectivity index (χ2v) is 6.68. The molecule has 1 aliphatic heterocycles. The minimum absolute atomic E-state index is 0.242. The van der Waals surface area contributed by atoms with E-state index in [0.717, 1.165) is 11.3 Å². The van der Waals surface area contributed by atoms with Crippen molar-refractivity contribution in [3.05, 3.63) is 50.1 Å². The van der Waals surface area contributed by atoms with Crippen LogP contribution in [0.5, 0.6) is 0 Å². The number of benzene rings is 1. The summed E-state index contributed by atoms with van der Waals surface area (Å²) in [6.07, 6.45) is 0. The van der Waals surface area contributed by atoms with Crippen molar-refractivity contribution < 1.29 is 14.4 Å². The Morgan fingerprint density at radius 2 is 1.90 bits per heavy atom. The van der Waals surface area contributed by atoms with Crippen LogP contribution in [0.3, 0.4) is 0 Å². The molecule has 2 heterocycles. The number of hydrogen-bond donors (Lipinski definition) is 0. The third-order valence-electron chi connectivity index (χ3n) is 3.14. The Morgan fingerprint density at radius 1 is 1.19 bits per heavy atom. The van der Waals surface area contributed by atoms with Gasteiger partial charge in [-0.25, -0.2) is 0 Å². The summed E-state index contributed by atoms with van der Waals surface area (Å²) in [5.41, 5.74) is 1.01. The fourth-order valence-electron chi connectivity index (χ4n) is 2.16. The second-order valence-electron chi connectivity index (χ2n) is 4.40. The van der Waals surface area contributed by atoms with Crippen LogP contribution >= 0.6 is 34.5 Å². The van der Waals surface area contributed by atoms with Gasteiger partial charge in [-0.15, -0.1) is 11.3 Å². The summed E-state index contributed by atoms with van der Waals surface area (Å²) in [6.45, 7) is -0.242. The zero-order valence-corrected chi connectivity index (χ0v) is 12.8. The van der Waals surface area contributed by atoms with Gasteiger partial charge in [0.2, 0.25) is 0 Å². The highest BCUT2D eigenvalue weighted by Gasteiger charge is 2.36. The summed E-state index contributed by atoms with van der Waals surface area (Å²) >= 11 is 12.8. The van der Waals surface area contributed by atoms with E-state index in [0.29, 0.717) is 15.6 Å². The second kappa shape index (κ2) is 5.26. The van der Waals surface area contributed by atoms with Crippen molar-refractivity contribution in [1.82, 2.24) is 0 Å². The van der Waals surface area contributed by atoms with Crippen LogP contribution in [-0.4, -0.2) is 24.0 Å². The molecule has 0 aliphatic carbocycles. The average Bonchev–Trinajstić information content (AvgIpc) is 2.92. The van der Waals surface area contributed by atoms with Gasteiger partial charge >= 0.3 is 0 Å². The monoisotopic (exact) mass is 339 g/mol. The van der Waals surface area contributed by atoms with E-state index in [1.54, 1.807) is 24.3 Å². The first-order chi connectivity index (χ1) is 9.99. The highest BCUT2D eigenvalue weighted by atomic mass is 35.5. The molecule has 0 spiro atoms. The lowest BCUT2D eigenvalue weighted by atomic mass is 10.1. The number of carbonyl (C=O) groups excluding carboxylic acids is 3. The Morgan fingerprint density at radius 3 is 2.57 bits per heavy atom. The molecule has 2 aromatic rings. The highest BCUT2D eigenvalue weighted by molar-refractivity contribution is 7.20. The van der Waals surface area contributed by atoms with Crippen LogP contribution < -0.4 is 4.90 Å². The topological polar surface area (TPSA) is 54.5 Å². The molecule has 0 atom stereocenters. The number of para-hydroxylation sites is 1. The Balaban J connectivity index is 1.92. The van der Waals surface area contributed by atoms with Crippen LogP contribution in [-0.2, 0) is 4.79 Å². The van der Waals surface area contributed by atoms with Gasteiger partial charge < -0.3 is 0 Å². The lowest BCUT2D eigenvalue weighted by molar-refractivity contribution is -0.114. The summed E-state index contributed by atoms with van der Waals surface area (Å²) in [6, 6.07) is 8.04. The van der Waals surface area contributed by atoms with Crippen molar-refractivity contribution >= 4 is 57.7 Å². The molecule has 0 N–H and O–H groups in total. The molecule has 1 aromatic heterocycles. The first-order valence-corrected chi connectivity index (χ1v) is 7.49. The number of anilines is 1. The Bertz CT molecular complexity index is 784. The van der Waals surface area contributed by atoms with Crippen LogP contribution in [0.4, 0.5) is 5.69 Å². The van der Waals surface area contributed by atoms with Gasteiger partial charge in [-0.1, -0.05) is 35.3 Å². The minimum atomic E-state index is -0.706. The number of thiophene rings is 1. The Kier molecular flexibility index (Phi) is 3.57. The lowest BCUT2D eigenvalue weighted by Gasteiger charge is -2.15. The van der Waals surface area contributed by atoms with Gasteiger partial charge in [0.05, 0.1) is 27.7 Å². The zero-order valence-electron chi connectivity index (χ0n) is 10.4. The minimum Gasteiger partial charge on any atom is -0.297 e. The van der Waals surface area contributed by atoms with Crippen LogP contribution in [0, 0.1) is 0 Å². The van der Waals surface area contributed by atoms with Crippen molar-refractivity contribution in [2.45, 2.75) is 0 Å². The maximum Gasteiger partial charge on any atom is 0.299 e. The Labute approximate surface area is 133 Å². The van der Waals surface area contributed by atoms with Crippen molar-refractivity contribution in [3.63, 3.8) is 0 Å². The van der Waals surface area contributed by atoms with E-state index in [-0.39, 0.29) is 22.2 Å². The van der Waals surface area contributed by atoms with E-state index >= 15 is 0 Å². The van der Waals surface area contributed by atoms with Gasteiger partial charge in [0.25, 0.3) is 11.7 Å². The molecule has 7 heteroatoms. The number of amides is 1. The molecule has 21 heavy (non-hydrogen) atoms. The van der Waals surface area contributed by atoms with Crippen LogP contribution in [0.2, 0.25) is 8.67 Å². The van der Waals surface area contributed by atoms with E-state index in [1.807, 2.05) is 0 Å². The van der Waals surface area contributed by atoms with E-state index in [9.17, 15) is 14.4 Å². The van der Waals surface area contributed by atoms with Crippen LogP contribution in [0.25, 0.3) is 0 Å². The maximum absolute atomic E-state index is 12.3. The summed E-state index contributed by atoms with van der Waals surface area (Å²) in [4.78, 5) is 37.3. The molecule has 0 fully saturated rings. The van der Waals surface area contributed by atoms with Gasteiger partial charge in [-0.3, -0.25) is 19.3 Å². The standard InChI is InChI=1S/C14H7Cl2NO3S/c15-11-5-8(13(16)21-11)10(18)6-17-9-4-2-1-3-7(9)12(19)14(17)20/h1-5H,6H2. The third-order valence-corrected chi connectivity index (χ3v) is 4.63. The highest BCUT2D eigenvalue weighted by Crippen LogP contribution is 2.33. The summed E-state index contributed by atoms with van der Waals surface area (Å²) in [5.74, 6) is -1.67. The van der Waals surface area contributed by atoms with Gasteiger partial charge in [0, 0.05) is 0 Å². The fourth-order valence-corrected chi connectivity index (χ4v) is 3.66. The average molecular weight is 340 g/mol. The molecular formula is C14H7Cl2NO3S. The summed E-state index contributed by atoms with van der Waals surface area (Å²) < 4.78 is 0.670. The number of hydrogen-bond acceptors (Lipinski definition) is 4. The van der Waals surface area contributed by atoms with Crippen molar-refractivity contribution in [2.24, 2.45) is 0 Å². The van der Waals surface area contributed by atoms with E-state index < -0.39 is 11.7 Å². The molecule has 106 valence electrons. The van der Waals surface area contributed by atoms with Crippen molar-refractivity contribution in [2.75, 3.05) is 11.4 Å². The van der Waals surface area contributed by atoms with E-state index in [4.69, 9.17) is 23.2 Å². The number of fused-ring (bicyclic) bond motifs is 1. The first kappa shape index (κ1) is 14.3. The fraction of sp³-hybridized carbons (Fsp3) is 0.0714. The molecule has 0 unspecified atom stereocenters. The Hall–Kier alpha value is -1.69. The maximum atomic E-state index is 12.3. The number of halogens is 2. The number of Topliss-reactive ketones (excluding diaryl/α,β-unsaturated/α-hetero) is 2. The number of rotatable bonds is 3. The molecule has 1 aliphatic rings. The molecule has 0 saturated carbocycles. The molecule has 0 radical (unpaired) electrons.